The van der Waals surface area contributed by atoms with Gasteiger partial charge in [0.15, 0.2) is 5.75 Å². The lowest BCUT2D eigenvalue weighted by molar-refractivity contribution is 0.129. The van der Waals surface area contributed by atoms with Crippen molar-refractivity contribution in [1.82, 2.24) is 24.9 Å². The van der Waals surface area contributed by atoms with Crippen LogP contribution in [0.3, 0.4) is 0 Å². The monoisotopic (exact) mass is 385 g/mol. The Bertz CT molecular complexity index is 951. The molecule has 0 saturated carbocycles. The van der Waals surface area contributed by atoms with Crippen LogP contribution in [0.4, 0.5) is 13.6 Å². The topological polar surface area (TPSA) is 73.1 Å². The smallest absolute Gasteiger partial charge is 0.409 e. The molecular formula is C19H17F2N5O2. The van der Waals surface area contributed by atoms with Gasteiger partial charge >= 0.3 is 6.09 Å². The molecule has 28 heavy (non-hydrogen) atoms. The Hall–Kier alpha value is -3.36. The highest BCUT2D eigenvalue weighted by molar-refractivity contribution is 5.70. The Morgan fingerprint density at radius 3 is 2.57 bits per heavy atom. The van der Waals surface area contributed by atoms with Crippen molar-refractivity contribution in [2.24, 2.45) is 0 Å². The Morgan fingerprint density at radius 1 is 1.14 bits per heavy atom. The zero-order valence-electron chi connectivity index (χ0n) is 14.8. The maximum atomic E-state index is 13.4. The van der Waals surface area contributed by atoms with Crippen molar-refractivity contribution in [2.45, 2.75) is 18.9 Å². The molecule has 2 aromatic heterocycles. The van der Waals surface area contributed by atoms with Crippen molar-refractivity contribution in [3.8, 4) is 17.0 Å². The largest absolute Gasteiger partial charge is 0.415 e. The molecule has 4 rings (SSSR count). The maximum absolute atomic E-state index is 13.4. The number of pyridine rings is 1. The SMILES string of the molecule is O=C(Oc1cccnc1)N1CCC(n2cc(-c3cc(F)cc(F)c3)nn2)CC1. The fourth-order valence-corrected chi connectivity index (χ4v) is 3.17. The minimum absolute atomic E-state index is 0.0436. The van der Waals surface area contributed by atoms with Crippen LogP contribution in [-0.2, 0) is 0 Å². The zero-order valence-corrected chi connectivity index (χ0v) is 14.8. The zero-order chi connectivity index (χ0) is 19.5. The minimum atomic E-state index is -0.662. The van der Waals surface area contributed by atoms with Crippen molar-refractivity contribution in [3.63, 3.8) is 0 Å². The van der Waals surface area contributed by atoms with Gasteiger partial charge in [-0.2, -0.15) is 0 Å². The van der Waals surface area contributed by atoms with E-state index >= 15 is 0 Å². The first-order chi connectivity index (χ1) is 13.6. The first kappa shape index (κ1) is 18.0. The lowest BCUT2D eigenvalue weighted by Crippen LogP contribution is -2.40. The van der Waals surface area contributed by atoms with Crippen LogP contribution in [0.2, 0.25) is 0 Å². The third kappa shape index (κ3) is 3.98. The molecule has 144 valence electrons. The van der Waals surface area contributed by atoms with Crippen molar-refractivity contribution in [3.05, 3.63) is 60.6 Å². The molecule has 1 aliphatic heterocycles. The van der Waals surface area contributed by atoms with E-state index in [0.717, 1.165) is 6.07 Å². The number of carbonyl (C=O) groups is 1. The van der Waals surface area contributed by atoms with E-state index in [4.69, 9.17) is 4.74 Å². The Kier molecular flexibility index (Phi) is 4.96. The minimum Gasteiger partial charge on any atom is -0.409 e. The number of halogens is 2. The van der Waals surface area contributed by atoms with Crippen LogP contribution in [0.5, 0.6) is 5.75 Å². The van der Waals surface area contributed by atoms with Gasteiger partial charge in [0.1, 0.15) is 17.3 Å². The molecule has 1 amide bonds. The third-order valence-electron chi connectivity index (χ3n) is 4.60. The van der Waals surface area contributed by atoms with Crippen molar-refractivity contribution < 1.29 is 18.3 Å². The number of aromatic nitrogens is 4. The fourth-order valence-electron chi connectivity index (χ4n) is 3.17. The van der Waals surface area contributed by atoms with Crippen LogP contribution in [0.1, 0.15) is 18.9 Å². The van der Waals surface area contributed by atoms with E-state index in [0.29, 0.717) is 42.9 Å². The standard InChI is InChI=1S/C19H17F2N5O2/c20-14-8-13(9-15(21)10-14)18-12-26(24-23-18)16-3-6-25(7-4-16)19(27)28-17-2-1-5-22-11-17/h1-2,5,8-12,16H,3-4,6-7H2. The van der Waals surface area contributed by atoms with Gasteiger partial charge in [0.05, 0.1) is 18.4 Å². The summed E-state index contributed by atoms with van der Waals surface area (Å²) in [4.78, 5) is 17.8. The molecule has 1 aromatic carbocycles. The molecule has 0 spiro atoms. The average Bonchev–Trinajstić information content (AvgIpc) is 3.18. The van der Waals surface area contributed by atoms with E-state index in [1.165, 1.54) is 18.3 Å². The molecular weight excluding hydrogens is 368 g/mol. The summed E-state index contributed by atoms with van der Waals surface area (Å²) in [5.74, 6) is -0.923. The summed E-state index contributed by atoms with van der Waals surface area (Å²) in [6, 6.07) is 6.66. The van der Waals surface area contributed by atoms with Gasteiger partial charge in [-0.25, -0.2) is 18.3 Å². The van der Waals surface area contributed by atoms with E-state index in [2.05, 4.69) is 15.3 Å². The van der Waals surface area contributed by atoms with Crippen LogP contribution in [0.25, 0.3) is 11.3 Å². The summed E-state index contributed by atoms with van der Waals surface area (Å²) in [6.45, 7) is 1.01. The number of ether oxygens (including phenoxy) is 1. The van der Waals surface area contributed by atoms with Gasteiger partial charge in [-0.3, -0.25) is 4.98 Å². The van der Waals surface area contributed by atoms with E-state index in [9.17, 15) is 13.6 Å². The highest BCUT2D eigenvalue weighted by atomic mass is 19.1. The molecule has 1 saturated heterocycles. The molecule has 0 N–H and O–H groups in total. The number of likely N-dealkylation sites (tertiary alicyclic amines) is 1. The molecule has 3 heterocycles. The van der Waals surface area contributed by atoms with Crippen molar-refractivity contribution >= 4 is 6.09 Å². The van der Waals surface area contributed by atoms with Gasteiger partial charge in [-0.05, 0) is 37.1 Å². The van der Waals surface area contributed by atoms with Gasteiger partial charge in [0.2, 0.25) is 0 Å². The van der Waals surface area contributed by atoms with E-state index in [-0.39, 0.29) is 6.04 Å². The Balaban J connectivity index is 1.38. The molecule has 0 aliphatic carbocycles. The predicted octanol–water partition coefficient (Wildman–Crippen LogP) is 3.45. The Labute approximate surface area is 159 Å². The quantitative estimate of drug-likeness (QED) is 0.690. The maximum Gasteiger partial charge on any atom is 0.415 e. The summed E-state index contributed by atoms with van der Waals surface area (Å²) < 4.78 is 33.8. The third-order valence-corrected chi connectivity index (χ3v) is 4.60. The molecule has 9 heteroatoms. The molecule has 7 nitrogen and oxygen atoms in total. The second-order valence-corrected chi connectivity index (χ2v) is 6.52. The Morgan fingerprint density at radius 2 is 1.89 bits per heavy atom. The van der Waals surface area contributed by atoms with Crippen LogP contribution in [0, 0.1) is 11.6 Å². The molecule has 3 aromatic rings. The highest BCUT2D eigenvalue weighted by Crippen LogP contribution is 2.25. The summed E-state index contributed by atoms with van der Waals surface area (Å²) in [7, 11) is 0. The number of hydrogen-bond acceptors (Lipinski definition) is 5. The van der Waals surface area contributed by atoms with Crippen LogP contribution >= 0.6 is 0 Å². The lowest BCUT2D eigenvalue weighted by Gasteiger charge is -2.30. The fraction of sp³-hybridized carbons (Fsp3) is 0.263. The first-order valence-electron chi connectivity index (χ1n) is 8.83. The van der Waals surface area contributed by atoms with Crippen LogP contribution in [-0.4, -0.2) is 44.1 Å². The van der Waals surface area contributed by atoms with Gasteiger partial charge in [0, 0.05) is 30.9 Å². The predicted molar refractivity (Wildman–Crippen MR) is 95.5 cm³/mol. The number of rotatable bonds is 3. The first-order valence-corrected chi connectivity index (χ1v) is 8.83. The van der Waals surface area contributed by atoms with E-state index in [1.807, 2.05) is 0 Å². The molecule has 0 radical (unpaired) electrons. The van der Waals surface area contributed by atoms with Gasteiger partial charge < -0.3 is 9.64 Å². The lowest BCUT2D eigenvalue weighted by atomic mass is 10.1. The highest BCUT2D eigenvalue weighted by Gasteiger charge is 2.26. The van der Waals surface area contributed by atoms with Gasteiger partial charge in [-0.15, -0.1) is 5.10 Å². The number of nitrogens with zero attached hydrogens (tertiary/aromatic N) is 5. The van der Waals surface area contributed by atoms with Crippen LogP contribution in [0.15, 0.2) is 48.9 Å². The molecule has 0 unspecified atom stereocenters. The number of carbonyl (C=O) groups excluding carboxylic acids is 1. The normalized spacial score (nSPS) is 14.9. The molecule has 0 bridgehead atoms. The number of amides is 1. The summed E-state index contributed by atoms with van der Waals surface area (Å²) in [5.41, 5.74) is 0.734. The van der Waals surface area contributed by atoms with Crippen LogP contribution < -0.4 is 4.74 Å². The van der Waals surface area contributed by atoms with E-state index < -0.39 is 17.7 Å². The number of hydrogen-bond donors (Lipinski definition) is 0. The molecule has 0 atom stereocenters. The number of piperidine rings is 1. The summed E-state index contributed by atoms with van der Waals surface area (Å²) in [6.07, 6.45) is 5.68. The van der Waals surface area contributed by atoms with Gasteiger partial charge in [-0.1, -0.05) is 5.21 Å². The second kappa shape index (κ2) is 7.71. The average molecular weight is 385 g/mol. The van der Waals surface area contributed by atoms with Crippen molar-refractivity contribution in [2.75, 3.05) is 13.1 Å². The van der Waals surface area contributed by atoms with E-state index in [1.54, 1.807) is 34.1 Å². The number of benzene rings is 1. The van der Waals surface area contributed by atoms with Crippen molar-refractivity contribution in [1.29, 1.82) is 0 Å². The summed E-state index contributed by atoms with van der Waals surface area (Å²) in [5, 5.41) is 8.11. The molecule has 1 fully saturated rings. The van der Waals surface area contributed by atoms with Gasteiger partial charge in [0.25, 0.3) is 0 Å². The second-order valence-electron chi connectivity index (χ2n) is 6.52. The summed E-state index contributed by atoms with van der Waals surface area (Å²) >= 11 is 0. The molecule has 1 aliphatic rings.